The molecule has 2 aliphatic rings. The molecule has 102 valence electrons. The van der Waals surface area contributed by atoms with Crippen LogP contribution in [0.25, 0.3) is 0 Å². The molecule has 1 aromatic rings. The first kappa shape index (κ1) is 13.5. The van der Waals surface area contributed by atoms with Gasteiger partial charge >= 0.3 is 0 Å². The average molecular weight is 340 g/mol. The minimum Gasteiger partial charge on any atom is -0.336 e. The van der Waals surface area contributed by atoms with Crippen LogP contribution in [0.5, 0.6) is 0 Å². The first-order valence-corrected chi connectivity index (χ1v) is 8.77. The monoisotopic (exact) mass is 339 g/mol. The number of carbonyl (C=O) groups is 1. The van der Waals surface area contributed by atoms with Crippen molar-refractivity contribution >= 4 is 33.6 Å². The van der Waals surface area contributed by atoms with Crippen molar-refractivity contribution in [1.82, 2.24) is 4.90 Å². The van der Waals surface area contributed by atoms with Gasteiger partial charge in [0.1, 0.15) is 0 Å². The number of halogens is 1. The van der Waals surface area contributed by atoms with Crippen LogP contribution in [0.3, 0.4) is 0 Å². The molecular formula is C15H18BrNOS. The molecule has 0 spiro atoms. The van der Waals surface area contributed by atoms with E-state index >= 15 is 0 Å². The lowest BCUT2D eigenvalue weighted by atomic mass is 10.0. The average Bonchev–Trinajstić information content (AvgIpc) is 2.70. The van der Waals surface area contributed by atoms with E-state index in [1.807, 2.05) is 18.2 Å². The van der Waals surface area contributed by atoms with Gasteiger partial charge in [0.05, 0.1) is 5.75 Å². The van der Waals surface area contributed by atoms with Gasteiger partial charge in [-0.1, -0.05) is 34.1 Å². The Morgan fingerprint density at radius 1 is 1.21 bits per heavy atom. The lowest BCUT2D eigenvalue weighted by Crippen LogP contribution is -2.47. The number of thioether (sulfide) groups is 1. The third-order valence-electron chi connectivity index (χ3n) is 4.07. The zero-order chi connectivity index (χ0) is 13.2. The van der Waals surface area contributed by atoms with Crippen LogP contribution in [0.4, 0.5) is 0 Å². The molecule has 19 heavy (non-hydrogen) atoms. The molecule has 0 radical (unpaired) electrons. The van der Waals surface area contributed by atoms with E-state index in [1.165, 1.54) is 17.7 Å². The van der Waals surface area contributed by atoms with Crippen LogP contribution in [-0.4, -0.2) is 33.5 Å². The van der Waals surface area contributed by atoms with E-state index in [-0.39, 0.29) is 0 Å². The fraction of sp³-hybridized carbons (Fsp3) is 0.533. The highest BCUT2D eigenvalue weighted by Crippen LogP contribution is 2.38. The lowest BCUT2D eigenvalue weighted by molar-refractivity contribution is -0.132. The molecule has 2 saturated heterocycles. The fourth-order valence-corrected chi connectivity index (χ4v) is 4.91. The van der Waals surface area contributed by atoms with E-state index in [0.29, 0.717) is 28.6 Å². The minimum atomic E-state index is 0.320. The molecule has 2 aliphatic heterocycles. The summed E-state index contributed by atoms with van der Waals surface area (Å²) in [5.74, 6) is 0.894. The zero-order valence-corrected chi connectivity index (χ0v) is 13.2. The quantitative estimate of drug-likeness (QED) is 0.618. The van der Waals surface area contributed by atoms with Gasteiger partial charge in [-0.25, -0.2) is 0 Å². The molecular weight excluding hydrogens is 322 g/mol. The molecule has 3 rings (SSSR count). The lowest BCUT2D eigenvalue weighted by Gasteiger charge is -2.37. The van der Waals surface area contributed by atoms with Gasteiger partial charge in [-0.05, 0) is 37.8 Å². The van der Waals surface area contributed by atoms with Gasteiger partial charge in [0, 0.05) is 21.8 Å². The molecule has 2 nitrogen and oxygen atoms in total. The van der Waals surface area contributed by atoms with Crippen LogP contribution in [0.1, 0.15) is 25.7 Å². The largest absolute Gasteiger partial charge is 0.336 e. The SMILES string of the molecule is O=C(CSc1ccccc1)N1C2CCC1CC(Br)C2. The van der Waals surface area contributed by atoms with Gasteiger partial charge in [-0.15, -0.1) is 11.8 Å². The maximum absolute atomic E-state index is 12.4. The highest BCUT2D eigenvalue weighted by molar-refractivity contribution is 9.09. The summed E-state index contributed by atoms with van der Waals surface area (Å²) in [6, 6.07) is 11.1. The highest BCUT2D eigenvalue weighted by atomic mass is 79.9. The Morgan fingerprint density at radius 2 is 1.84 bits per heavy atom. The zero-order valence-electron chi connectivity index (χ0n) is 10.8. The fourth-order valence-electron chi connectivity index (χ4n) is 3.25. The summed E-state index contributed by atoms with van der Waals surface area (Å²) in [4.78, 5) is 16.4. The van der Waals surface area contributed by atoms with Gasteiger partial charge in [0.2, 0.25) is 5.91 Å². The van der Waals surface area contributed by atoms with Gasteiger partial charge in [0.15, 0.2) is 0 Å². The first-order valence-electron chi connectivity index (χ1n) is 6.87. The minimum absolute atomic E-state index is 0.320. The summed E-state index contributed by atoms with van der Waals surface area (Å²) in [6.07, 6.45) is 4.62. The topological polar surface area (TPSA) is 20.3 Å². The number of piperidine rings is 1. The highest BCUT2D eigenvalue weighted by Gasteiger charge is 2.42. The number of rotatable bonds is 3. The molecule has 1 amide bonds. The Bertz CT molecular complexity index is 439. The molecule has 2 bridgehead atoms. The van der Waals surface area contributed by atoms with Crippen LogP contribution >= 0.6 is 27.7 Å². The Morgan fingerprint density at radius 3 is 2.47 bits per heavy atom. The molecule has 0 N–H and O–H groups in total. The Hall–Kier alpha value is -0.480. The molecule has 2 unspecified atom stereocenters. The summed E-state index contributed by atoms with van der Waals surface area (Å²) in [6.45, 7) is 0. The molecule has 0 saturated carbocycles. The maximum Gasteiger partial charge on any atom is 0.233 e. The van der Waals surface area contributed by atoms with Crippen molar-refractivity contribution in [1.29, 1.82) is 0 Å². The van der Waals surface area contributed by atoms with Crippen molar-refractivity contribution < 1.29 is 4.79 Å². The molecule has 2 atom stereocenters. The van der Waals surface area contributed by atoms with Crippen LogP contribution in [0, 0.1) is 0 Å². The number of carbonyl (C=O) groups excluding carboxylic acids is 1. The second-order valence-corrected chi connectivity index (χ2v) is 7.70. The molecule has 4 heteroatoms. The normalized spacial score (nSPS) is 29.5. The maximum atomic E-state index is 12.4. The van der Waals surface area contributed by atoms with E-state index in [2.05, 4.69) is 33.0 Å². The number of amides is 1. The van der Waals surface area contributed by atoms with Crippen molar-refractivity contribution in [3.05, 3.63) is 30.3 Å². The molecule has 0 aromatic heterocycles. The second-order valence-electron chi connectivity index (χ2n) is 5.36. The van der Waals surface area contributed by atoms with Crippen molar-refractivity contribution in [3.8, 4) is 0 Å². The molecule has 2 heterocycles. The summed E-state index contributed by atoms with van der Waals surface area (Å²) >= 11 is 5.37. The van der Waals surface area contributed by atoms with E-state index in [1.54, 1.807) is 11.8 Å². The third-order valence-corrected chi connectivity index (χ3v) is 5.81. The molecule has 2 fully saturated rings. The molecule has 0 aliphatic carbocycles. The Balaban J connectivity index is 1.59. The summed E-state index contributed by atoms with van der Waals surface area (Å²) < 4.78 is 0. The summed E-state index contributed by atoms with van der Waals surface area (Å²) in [5.41, 5.74) is 0. The Labute approximate surface area is 127 Å². The van der Waals surface area contributed by atoms with Gasteiger partial charge in [-0.3, -0.25) is 4.79 Å². The smallest absolute Gasteiger partial charge is 0.233 e. The number of benzene rings is 1. The van der Waals surface area contributed by atoms with Gasteiger partial charge in [0.25, 0.3) is 0 Å². The van der Waals surface area contributed by atoms with E-state index in [4.69, 9.17) is 0 Å². The number of fused-ring (bicyclic) bond motifs is 2. The number of alkyl halides is 1. The Kier molecular flexibility index (Phi) is 4.18. The number of hydrogen-bond donors (Lipinski definition) is 0. The van der Waals surface area contributed by atoms with E-state index in [0.717, 1.165) is 12.8 Å². The predicted molar refractivity (Wildman–Crippen MR) is 82.8 cm³/mol. The van der Waals surface area contributed by atoms with Crippen molar-refractivity contribution in [3.63, 3.8) is 0 Å². The van der Waals surface area contributed by atoms with Gasteiger partial charge in [-0.2, -0.15) is 0 Å². The molecule has 1 aromatic carbocycles. The van der Waals surface area contributed by atoms with E-state index < -0.39 is 0 Å². The van der Waals surface area contributed by atoms with Crippen LogP contribution in [-0.2, 0) is 4.79 Å². The summed E-state index contributed by atoms with van der Waals surface area (Å²) in [5, 5.41) is 0. The number of hydrogen-bond acceptors (Lipinski definition) is 2. The second kappa shape index (κ2) is 5.88. The number of nitrogens with zero attached hydrogens (tertiary/aromatic N) is 1. The van der Waals surface area contributed by atoms with Gasteiger partial charge < -0.3 is 4.90 Å². The van der Waals surface area contributed by atoms with Crippen LogP contribution in [0.15, 0.2) is 35.2 Å². The van der Waals surface area contributed by atoms with Crippen molar-refractivity contribution in [2.75, 3.05) is 5.75 Å². The van der Waals surface area contributed by atoms with Crippen molar-refractivity contribution in [2.45, 2.75) is 47.5 Å². The van der Waals surface area contributed by atoms with Crippen LogP contribution in [0.2, 0.25) is 0 Å². The standard InChI is InChI=1S/C15H18BrNOS/c16-11-8-12-6-7-13(9-11)17(12)15(18)10-19-14-4-2-1-3-5-14/h1-5,11-13H,6-10H2. The first-order chi connectivity index (χ1) is 9.24. The van der Waals surface area contributed by atoms with Crippen LogP contribution < -0.4 is 0 Å². The third kappa shape index (κ3) is 3.00. The van der Waals surface area contributed by atoms with E-state index in [9.17, 15) is 4.79 Å². The van der Waals surface area contributed by atoms with Crippen molar-refractivity contribution in [2.24, 2.45) is 0 Å². The predicted octanol–water partition coefficient (Wildman–Crippen LogP) is 3.70. The summed E-state index contributed by atoms with van der Waals surface area (Å²) in [7, 11) is 0.